The van der Waals surface area contributed by atoms with Crippen LogP contribution in [0.5, 0.6) is 11.5 Å². The van der Waals surface area contributed by atoms with Gasteiger partial charge in [0.05, 0.1) is 10.5 Å². The summed E-state index contributed by atoms with van der Waals surface area (Å²) < 4.78 is 6.26. The van der Waals surface area contributed by atoms with Gasteiger partial charge in [-0.05, 0) is 37.6 Å². The van der Waals surface area contributed by atoms with Gasteiger partial charge in [-0.2, -0.15) is 0 Å². The fraction of sp³-hybridized carbons (Fsp3) is 0.133. The van der Waals surface area contributed by atoms with E-state index in [0.29, 0.717) is 21.3 Å². The number of halogens is 1. The smallest absolute Gasteiger partial charge is 0.312 e. The van der Waals surface area contributed by atoms with Gasteiger partial charge in [0, 0.05) is 10.5 Å². The molecule has 0 aromatic heterocycles. The van der Waals surface area contributed by atoms with Crippen molar-refractivity contribution in [3.8, 4) is 11.5 Å². The first kappa shape index (κ1) is 15.2. The zero-order valence-corrected chi connectivity index (χ0v) is 13.0. The van der Waals surface area contributed by atoms with E-state index in [4.69, 9.17) is 4.74 Å². The van der Waals surface area contributed by atoms with Gasteiger partial charge >= 0.3 is 5.69 Å². The molecule has 2 aromatic rings. The molecule has 21 heavy (non-hydrogen) atoms. The zero-order chi connectivity index (χ0) is 15.6. The molecule has 0 fully saturated rings. The van der Waals surface area contributed by atoms with Crippen molar-refractivity contribution in [3.05, 3.63) is 62.1 Å². The van der Waals surface area contributed by atoms with Gasteiger partial charge in [0.1, 0.15) is 5.75 Å². The van der Waals surface area contributed by atoms with E-state index in [0.717, 1.165) is 0 Å². The summed E-state index contributed by atoms with van der Waals surface area (Å²) in [7, 11) is 0. The monoisotopic (exact) mass is 349 g/mol. The Morgan fingerprint density at radius 3 is 2.57 bits per heavy atom. The molecule has 6 heteroatoms. The summed E-state index contributed by atoms with van der Waals surface area (Å²) in [5.41, 5.74) is 0.837. The Balaban J connectivity index is 2.55. The summed E-state index contributed by atoms with van der Waals surface area (Å²) in [5, 5.41) is 11.2. The minimum atomic E-state index is -0.510. The highest BCUT2D eigenvalue weighted by Crippen LogP contribution is 2.38. The van der Waals surface area contributed by atoms with Gasteiger partial charge in [-0.15, -0.1) is 0 Å². The van der Waals surface area contributed by atoms with Crippen molar-refractivity contribution >= 4 is 27.4 Å². The highest BCUT2D eigenvalue weighted by molar-refractivity contribution is 9.10. The first-order valence-electron chi connectivity index (χ1n) is 6.12. The van der Waals surface area contributed by atoms with E-state index in [1.807, 2.05) is 0 Å². The summed E-state index contributed by atoms with van der Waals surface area (Å²) >= 11 is 3.22. The second-order valence-electron chi connectivity index (χ2n) is 4.48. The topological polar surface area (TPSA) is 69.4 Å². The molecule has 0 aliphatic carbocycles. The molecule has 0 N–H and O–H groups in total. The molecular formula is C15H12BrNO4. The fourth-order valence-electron chi connectivity index (χ4n) is 1.94. The van der Waals surface area contributed by atoms with Crippen LogP contribution in [0.2, 0.25) is 0 Å². The van der Waals surface area contributed by atoms with Crippen LogP contribution < -0.4 is 4.74 Å². The molecule has 2 rings (SSSR count). The van der Waals surface area contributed by atoms with Crippen LogP contribution in [-0.2, 0) is 0 Å². The van der Waals surface area contributed by atoms with Crippen LogP contribution in [0.4, 0.5) is 5.69 Å². The van der Waals surface area contributed by atoms with E-state index in [1.54, 1.807) is 37.3 Å². The first-order chi connectivity index (χ1) is 9.90. The minimum absolute atomic E-state index is 0.136. The maximum atomic E-state index is 11.6. The summed E-state index contributed by atoms with van der Waals surface area (Å²) in [6.45, 7) is 3.13. The number of Topliss-reactive ketones (excluding diaryl/α,β-unsaturated/α-hetero) is 1. The van der Waals surface area contributed by atoms with Gasteiger partial charge in [0.15, 0.2) is 5.78 Å². The Labute approximate surface area is 129 Å². The molecule has 0 saturated heterocycles. The van der Waals surface area contributed by atoms with Gasteiger partial charge < -0.3 is 4.74 Å². The lowest BCUT2D eigenvalue weighted by Crippen LogP contribution is -2.00. The Kier molecular flexibility index (Phi) is 4.37. The van der Waals surface area contributed by atoms with Crippen molar-refractivity contribution in [2.45, 2.75) is 13.8 Å². The fourth-order valence-corrected chi connectivity index (χ4v) is 2.50. The Bertz CT molecular complexity index is 728. The number of carbonyl (C=O) groups is 1. The number of carbonyl (C=O) groups excluding carboxylic acids is 1. The summed E-state index contributed by atoms with van der Waals surface area (Å²) in [5.74, 6) is 0.276. The largest absolute Gasteiger partial charge is 0.449 e. The average Bonchev–Trinajstić information content (AvgIpc) is 2.41. The standard InChI is InChI=1S/C15H12BrNO4/c1-9-7-11(16)8-13(17(19)20)15(9)21-14-6-4-3-5-12(14)10(2)18/h3-8H,1-2H3. The number of nitrogens with zero attached hydrogens (tertiary/aromatic N) is 1. The summed E-state index contributed by atoms with van der Waals surface area (Å²) in [4.78, 5) is 22.3. The quantitative estimate of drug-likeness (QED) is 0.457. The molecule has 0 aliphatic heterocycles. The third-order valence-electron chi connectivity index (χ3n) is 2.89. The predicted molar refractivity (Wildman–Crippen MR) is 82.1 cm³/mol. The van der Waals surface area contributed by atoms with Gasteiger partial charge in [0.2, 0.25) is 5.75 Å². The minimum Gasteiger partial charge on any atom is -0.449 e. The Morgan fingerprint density at radius 2 is 1.95 bits per heavy atom. The number of aryl methyl sites for hydroxylation is 1. The van der Waals surface area contributed by atoms with E-state index in [2.05, 4.69) is 15.9 Å². The van der Waals surface area contributed by atoms with Crippen molar-refractivity contribution < 1.29 is 14.5 Å². The van der Waals surface area contributed by atoms with Crippen LogP contribution in [0.1, 0.15) is 22.8 Å². The van der Waals surface area contributed by atoms with E-state index in [-0.39, 0.29) is 17.2 Å². The predicted octanol–water partition coefficient (Wildman–Crippen LogP) is 4.66. The number of ether oxygens (including phenoxy) is 1. The summed E-state index contributed by atoms with van der Waals surface area (Å²) in [6.07, 6.45) is 0. The highest BCUT2D eigenvalue weighted by atomic mass is 79.9. The Hall–Kier alpha value is -2.21. The van der Waals surface area contributed by atoms with Crippen LogP contribution in [-0.4, -0.2) is 10.7 Å². The van der Waals surface area contributed by atoms with Gasteiger partial charge in [0.25, 0.3) is 0 Å². The normalized spacial score (nSPS) is 10.2. The van der Waals surface area contributed by atoms with Crippen molar-refractivity contribution in [1.82, 2.24) is 0 Å². The third-order valence-corrected chi connectivity index (χ3v) is 3.35. The van der Waals surface area contributed by atoms with Crippen LogP contribution in [0, 0.1) is 17.0 Å². The van der Waals surface area contributed by atoms with Crippen LogP contribution in [0.25, 0.3) is 0 Å². The molecule has 0 radical (unpaired) electrons. The molecular weight excluding hydrogens is 338 g/mol. The first-order valence-corrected chi connectivity index (χ1v) is 6.92. The molecule has 0 amide bonds. The van der Waals surface area contributed by atoms with E-state index >= 15 is 0 Å². The second-order valence-corrected chi connectivity index (χ2v) is 5.40. The number of benzene rings is 2. The lowest BCUT2D eigenvalue weighted by Gasteiger charge is -2.12. The number of rotatable bonds is 4. The molecule has 0 heterocycles. The molecule has 0 unspecified atom stereocenters. The van der Waals surface area contributed by atoms with E-state index < -0.39 is 4.92 Å². The third kappa shape index (κ3) is 3.28. The SMILES string of the molecule is CC(=O)c1ccccc1Oc1c(C)cc(Br)cc1[N+](=O)[O-]. The van der Waals surface area contributed by atoms with E-state index in [9.17, 15) is 14.9 Å². The number of nitro benzene ring substituents is 1. The molecule has 2 aromatic carbocycles. The number of ketones is 1. The van der Waals surface area contributed by atoms with Gasteiger partial charge in [-0.3, -0.25) is 14.9 Å². The molecule has 5 nitrogen and oxygen atoms in total. The maximum absolute atomic E-state index is 11.6. The molecule has 0 spiro atoms. The lowest BCUT2D eigenvalue weighted by atomic mass is 10.1. The van der Waals surface area contributed by atoms with Crippen LogP contribution >= 0.6 is 15.9 Å². The van der Waals surface area contributed by atoms with Crippen molar-refractivity contribution in [1.29, 1.82) is 0 Å². The maximum Gasteiger partial charge on any atom is 0.312 e. The number of hydrogen-bond acceptors (Lipinski definition) is 4. The van der Waals surface area contributed by atoms with Crippen LogP contribution in [0.3, 0.4) is 0 Å². The number of nitro groups is 1. The molecule has 0 aliphatic rings. The highest BCUT2D eigenvalue weighted by Gasteiger charge is 2.21. The lowest BCUT2D eigenvalue weighted by molar-refractivity contribution is -0.385. The Morgan fingerprint density at radius 1 is 1.29 bits per heavy atom. The van der Waals surface area contributed by atoms with E-state index in [1.165, 1.54) is 13.0 Å². The van der Waals surface area contributed by atoms with Crippen molar-refractivity contribution in [2.75, 3.05) is 0 Å². The number of para-hydroxylation sites is 1. The number of hydrogen-bond donors (Lipinski definition) is 0. The molecule has 0 atom stereocenters. The average molecular weight is 350 g/mol. The second kappa shape index (κ2) is 6.05. The van der Waals surface area contributed by atoms with Crippen LogP contribution in [0.15, 0.2) is 40.9 Å². The van der Waals surface area contributed by atoms with Crippen molar-refractivity contribution in [3.63, 3.8) is 0 Å². The van der Waals surface area contributed by atoms with Crippen molar-refractivity contribution in [2.24, 2.45) is 0 Å². The molecule has 0 saturated carbocycles. The molecule has 0 bridgehead atoms. The molecule has 108 valence electrons. The zero-order valence-electron chi connectivity index (χ0n) is 11.4. The summed E-state index contributed by atoms with van der Waals surface area (Å²) in [6, 6.07) is 9.76. The van der Waals surface area contributed by atoms with Gasteiger partial charge in [-0.25, -0.2) is 0 Å². The van der Waals surface area contributed by atoms with Gasteiger partial charge in [-0.1, -0.05) is 28.1 Å².